The second kappa shape index (κ2) is 8.42. The highest BCUT2D eigenvalue weighted by Gasteiger charge is 2.06. The molecule has 5 heteroatoms. The van der Waals surface area contributed by atoms with E-state index in [0.717, 1.165) is 39.9 Å². The summed E-state index contributed by atoms with van der Waals surface area (Å²) in [5.41, 5.74) is 6.82. The molecule has 0 aliphatic rings. The summed E-state index contributed by atoms with van der Waals surface area (Å²) in [6.45, 7) is 5.47. The molecule has 0 aliphatic carbocycles. The van der Waals surface area contributed by atoms with E-state index in [2.05, 4.69) is 76.8 Å². The number of rotatable bonds is 7. The average Bonchev–Trinajstić information content (AvgIpc) is 3.41. The molecular formula is C23H23N3OS. The van der Waals surface area contributed by atoms with Crippen LogP contribution in [0.25, 0.3) is 21.8 Å². The van der Waals surface area contributed by atoms with Crippen molar-refractivity contribution in [2.45, 2.75) is 20.5 Å². The topological polar surface area (TPSA) is 49.9 Å². The molecule has 0 bridgehead atoms. The molecule has 4 rings (SSSR count). The summed E-state index contributed by atoms with van der Waals surface area (Å²) in [4.78, 5) is 7.83. The molecule has 0 amide bonds. The maximum atomic E-state index is 5.52. The van der Waals surface area contributed by atoms with E-state index in [4.69, 9.17) is 4.74 Å². The number of hydrogen-bond donors (Lipinski definition) is 2. The van der Waals surface area contributed by atoms with Crippen molar-refractivity contribution in [3.8, 4) is 21.8 Å². The SMILES string of the molecule is CCOCc1ccc(C)c(Nc2ccc(-c3ccc(-c4nccs4)cc3)[nH]2)c1. The molecule has 28 heavy (non-hydrogen) atoms. The van der Waals surface area contributed by atoms with Crippen molar-refractivity contribution in [3.05, 3.63) is 77.3 Å². The number of H-pyrrole nitrogens is 1. The quantitative estimate of drug-likeness (QED) is 0.385. The first-order chi connectivity index (χ1) is 13.7. The zero-order chi connectivity index (χ0) is 19.3. The largest absolute Gasteiger partial charge is 0.377 e. The third-order valence-electron chi connectivity index (χ3n) is 4.61. The molecule has 2 heterocycles. The maximum absolute atomic E-state index is 5.52. The van der Waals surface area contributed by atoms with E-state index in [-0.39, 0.29) is 0 Å². The van der Waals surface area contributed by atoms with Crippen molar-refractivity contribution < 1.29 is 4.74 Å². The van der Waals surface area contributed by atoms with E-state index in [1.165, 1.54) is 11.1 Å². The smallest absolute Gasteiger partial charge is 0.123 e. The van der Waals surface area contributed by atoms with E-state index in [9.17, 15) is 0 Å². The number of aromatic nitrogens is 2. The predicted molar refractivity (Wildman–Crippen MR) is 117 cm³/mol. The third kappa shape index (κ3) is 4.16. The van der Waals surface area contributed by atoms with Crippen molar-refractivity contribution in [2.75, 3.05) is 11.9 Å². The number of thiazole rings is 1. The van der Waals surface area contributed by atoms with Gasteiger partial charge in [-0.25, -0.2) is 4.98 Å². The molecule has 0 unspecified atom stereocenters. The van der Waals surface area contributed by atoms with Crippen LogP contribution in [0.1, 0.15) is 18.1 Å². The molecule has 0 fully saturated rings. The molecule has 0 saturated carbocycles. The lowest BCUT2D eigenvalue weighted by Gasteiger charge is -2.11. The van der Waals surface area contributed by atoms with Crippen LogP contribution in [0.2, 0.25) is 0 Å². The Morgan fingerprint density at radius 3 is 2.61 bits per heavy atom. The third-order valence-corrected chi connectivity index (χ3v) is 5.43. The van der Waals surface area contributed by atoms with Gasteiger partial charge in [-0.2, -0.15) is 0 Å². The Morgan fingerprint density at radius 2 is 1.86 bits per heavy atom. The molecular weight excluding hydrogens is 366 g/mol. The first-order valence-electron chi connectivity index (χ1n) is 9.36. The molecule has 2 aromatic heterocycles. The molecule has 0 aliphatic heterocycles. The number of aryl methyl sites for hydroxylation is 1. The molecule has 4 nitrogen and oxygen atoms in total. The Morgan fingerprint density at radius 1 is 1.04 bits per heavy atom. The summed E-state index contributed by atoms with van der Waals surface area (Å²) >= 11 is 1.65. The number of anilines is 2. The van der Waals surface area contributed by atoms with Crippen molar-refractivity contribution in [2.24, 2.45) is 0 Å². The number of nitrogens with zero attached hydrogens (tertiary/aromatic N) is 1. The van der Waals surface area contributed by atoms with Crippen molar-refractivity contribution in [3.63, 3.8) is 0 Å². The number of benzene rings is 2. The minimum atomic E-state index is 0.632. The fourth-order valence-electron chi connectivity index (χ4n) is 3.05. The van der Waals surface area contributed by atoms with E-state index >= 15 is 0 Å². The highest BCUT2D eigenvalue weighted by molar-refractivity contribution is 7.13. The molecule has 0 radical (unpaired) electrons. The van der Waals surface area contributed by atoms with Gasteiger partial charge >= 0.3 is 0 Å². The van der Waals surface area contributed by atoms with Crippen LogP contribution in [0.4, 0.5) is 11.5 Å². The molecule has 0 saturated heterocycles. The van der Waals surface area contributed by atoms with E-state index in [1.54, 1.807) is 11.3 Å². The molecule has 4 aromatic rings. The van der Waals surface area contributed by atoms with Crippen LogP contribution < -0.4 is 5.32 Å². The van der Waals surface area contributed by atoms with Gasteiger partial charge in [0.05, 0.1) is 6.61 Å². The molecule has 142 valence electrons. The standard InChI is InChI=1S/C23H23N3OS/c1-3-27-15-17-5-4-16(2)21(14-17)26-22-11-10-20(25-22)18-6-8-19(9-7-18)23-24-12-13-28-23/h4-14,25-26H,3,15H2,1-2H3. The Balaban J connectivity index is 1.50. The zero-order valence-corrected chi connectivity index (χ0v) is 16.8. The Bertz CT molecular complexity index is 1040. The summed E-state index contributed by atoms with van der Waals surface area (Å²) in [6, 6.07) is 19.0. The maximum Gasteiger partial charge on any atom is 0.123 e. The van der Waals surface area contributed by atoms with Crippen LogP contribution in [-0.2, 0) is 11.3 Å². The van der Waals surface area contributed by atoms with E-state index in [0.29, 0.717) is 6.61 Å². The lowest BCUT2D eigenvalue weighted by molar-refractivity contribution is 0.134. The van der Waals surface area contributed by atoms with Crippen LogP contribution in [0, 0.1) is 6.92 Å². The van der Waals surface area contributed by atoms with Crippen molar-refractivity contribution in [1.29, 1.82) is 0 Å². The summed E-state index contributed by atoms with van der Waals surface area (Å²) in [6.07, 6.45) is 1.84. The van der Waals surface area contributed by atoms with Gasteiger partial charge in [-0.15, -0.1) is 11.3 Å². The number of hydrogen-bond acceptors (Lipinski definition) is 4. The van der Waals surface area contributed by atoms with Crippen LogP contribution in [0.5, 0.6) is 0 Å². The lowest BCUT2D eigenvalue weighted by atomic mass is 10.1. The summed E-state index contributed by atoms with van der Waals surface area (Å²) in [7, 11) is 0. The van der Waals surface area contributed by atoms with Gasteiger partial charge in [0, 0.05) is 35.1 Å². The van der Waals surface area contributed by atoms with Gasteiger partial charge in [-0.3, -0.25) is 0 Å². The Hall–Kier alpha value is -2.89. The first kappa shape index (κ1) is 18.5. The van der Waals surface area contributed by atoms with Gasteiger partial charge in [0.2, 0.25) is 0 Å². The summed E-state index contributed by atoms with van der Waals surface area (Å²) in [5, 5.41) is 6.54. The van der Waals surface area contributed by atoms with Gasteiger partial charge < -0.3 is 15.0 Å². The molecule has 2 aromatic carbocycles. The second-order valence-corrected chi connectivity index (χ2v) is 7.51. The van der Waals surface area contributed by atoms with Crippen LogP contribution in [-0.4, -0.2) is 16.6 Å². The van der Waals surface area contributed by atoms with Gasteiger partial charge in [-0.05, 0) is 48.7 Å². The average molecular weight is 390 g/mol. The monoisotopic (exact) mass is 389 g/mol. The first-order valence-corrected chi connectivity index (χ1v) is 10.2. The minimum absolute atomic E-state index is 0.632. The normalized spacial score (nSPS) is 10.9. The van der Waals surface area contributed by atoms with E-state index in [1.807, 2.05) is 18.5 Å². The molecule has 0 atom stereocenters. The lowest BCUT2D eigenvalue weighted by Crippen LogP contribution is -1.97. The fourth-order valence-corrected chi connectivity index (χ4v) is 3.70. The highest BCUT2D eigenvalue weighted by Crippen LogP contribution is 2.28. The summed E-state index contributed by atoms with van der Waals surface area (Å²) in [5.74, 6) is 0.968. The Kier molecular flexibility index (Phi) is 5.55. The fraction of sp³-hybridized carbons (Fsp3) is 0.174. The van der Waals surface area contributed by atoms with Gasteiger partial charge in [-0.1, -0.05) is 36.4 Å². The summed E-state index contributed by atoms with van der Waals surface area (Å²) < 4.78 is 5.52. The van der Waals surface area contributed by atoms with E-state index < -0.39 is 0 Å². The predicted octanol–water partition coefficient (Wildman–Crippen LogP) is 6.39. The van der Waals surface area contributed by atoms with Gasteiger partial charge in [0.1, 0.15) is 10.8 Å². The Labute approximate surface area is 169 Å². The molecule has 0 spiro atoms. The second-order valence-electron chi connectivity index (χ2n) is 6.61. The van der Waals surface area contributed by atoms with Gasteiger partial charge in [0.25, 0.3) is 0 Å². The highest BCUT2D eigenvalue weighted by atomic mass is 32.1. The minimum Gasteiger partial charge on any atom is -0.377 e. The number of aromatic amines is 1. The van der Waals surface area contributed by atoms with Crippen molar-refractivity contribution in [1.82, 2.24) is 9.97 Å². The van der Waals surface area contributed by atoms with Crippen LogP contribution >= 0.6 is 11.3 Å². The number of ether oxygens (including phenoxy) is 1. The van der Waals surface area contributed by atoms with Crippen LogP contribution in [0.15, 0.2) is 66.2 Å². The van der Waals surface area contributed by atoms with Crippen LogP contribution in [0.3, 0.4) is 0 Å². The zero-order valence-electron chi connectivity index (χ0n) is 16.0. The number of nitrogens with one attached hydrogen (secondary N) is 2. The van der Waals surface area contributed by atoms with Gasteiger partial charge in [0.15, 0.2) is 0 Å². The van der Waals surface area contributed by atoms with Crippen molar-refractivity contribution >= 4 is 22.8 Å². The molecule has 2 N–H and O–H groups in total.